The van der Waals surface area contributed by atoms with Crippen molar-refractivity contribution in [3.05, 3.63) is 28.8 Å². The van der Waals surface area contributed by atoms with Crippen molar-refractivity contribution in [2.24, 2.45) is 0 Å². The Morgan fingerprint density at radius 1 is 1.15 bits per heavy atom. The van der Waals surface area contributed by atoms with Crippen molar-refractivity contribution in [2.75, 3.05) is 0 Å². The second-order valence-electron chi connectivity index (χ2n) is 3.99. The number of rotatable bonds is 1. The van der Waals surface area contributed by atoms with Crippen molar-refractivity contribution < 1.29 is 10.2 Å². The third-order valence-electron chi connectivity index (χ3n) is 2.84. The maximum Gasteiger partial charge on any atom is 0.121 e. The molecule has 0 unspecified atom stereocenters. The number of benzene rings is 1. The molecule has 0 aromatic heterocycles. The Labute approximate surface area is 77.8 Å². The van der Waals surface area contributed by atoms with E-state index < -0.39 is 5.60 Å². The van der Waals surface area contributed by atoms with E-state index in [9.17, 15) is 10.2 Å². The van der Waals surface area contributed by atoms with Crippen LogP contribution in [0.15, 0.2) is 12.1 Å². The van der Waals surface area contributed by atoms with Crippen LogP contribution in [0.5, 0.6) is 5.75 Å². The van der Waals surface area contributed by atoms with Gasteiger partial charge in [-0.1, -0.05) is 0 Å². The molecule has 0 radical (unpaired) electrons. The molecule has 0 atom stereocenters. The maximum atomic E-state index is 9.84. The van der Waals surface area contributed by atoms with Gasteiger partial charge in [0.05, 0.1) is 5.60 Å². The van der Waals surface area contributed by atoms with Crippen molar-refractivity contribution in [3.63, 3.8) is 0 Å². The van der Waals surface area contributed by atoms with Gasteiger partial charge in [0.15, 0.2) is 0 Å². The molecule has 2 rings (SSSR count). The molecule has 0 saturated heterocycles. The zero-order valence-electron chi connectivity index (χ0n) is 7.96. The fourth-order valence-corrected chi connectivity index (χ4v) is 1.56. The average molecular weight is 178 g/mol. The first-order valence-electron chi connectivity index (χ1n) is 4.56. The summed E-state index contributed by atoms with van der Waals surface area (Å²) in [5.41, 5.74) is 2.14. The molecule has 1 saturated carbocycles. The molecule has 1 aromatic rings. The van der Waals surface area contributed by atoms with Gasteiger partial charge >= 0.3 is 0 Å². The number of hydrogen-bond acceptors (Lipinski definition) is 2. The van der Waals surface area contributed by atoms with E-state index in [1.54, 1.807) is 6.07 Å². The maximum absolute atomic E-state index is 9.84. The Bertz CT molecular complexity index is 351. The fourth-order valence-electron chi connectivity index (χ4n) is 1.56. The molecule has 0 spiro atoms. The third kappa shape index (κ3) is 1.31. The second-order valence-corrected chi connectivity index (χ2v) is 3.99. The SMILES string of the molecule is Cc1cc(O)c(C2(O)CC2)cc1C. The van der Waals surface area contributed by atoms with Gasteiger partial charge in [-0.25, -0.2) is 0 Å². The van der Waals surface area contributed by atoms with Crippen LogP contribution in [0.3, 0.4) is 0 Å². The molecule has 13 heavy (non-hydrogen) atoms. The van der Waals surface area contributed by atoms with Crippen LogP contribution >= 0.6 is 0 Å². The Kier molecular flexibility index (Phi) is 1.64. The van der Waals surface area contributed by atoms with Gasteiger partial charge in [-0.15, -0.1) is 0 Å². The average Bonchev–Trinajstić information content (AvgIpc) is 2.77. The molecule has 0 aliphatic heterocycles. The summed E-state index contributed by atoms with van der Waals surface area (Å²) < 4.78 is 0. The summed E-state index contributed by atoms with van der Waals surface area (Å²) in [7, 11) is 0. The topological polar surface area (TPSA) is 40.5 Å². The van der Waals surface area contributed by atoms with Crippen LogP contribution in [0, 0.1) is 13.8 Å². The lowest BCUT2D eigenvalue weighted by molar-refractivity contribution is 0.147. The van der Waals surface area contributed by atoms with Crippen LogP contribution in [0.4, 0.5) is 0 Å². The van der Waals surface area contributed by atoms with E-state index >= 15 is 0 Å². The molecule has 70 valence electrons. The molecular formula is C11H14O2. The zero-order chi connectivity index (χ0) is 9.64. The van der Waals surface area contributed by atoms with Gasteiger partial charge in [-0.3, -0.25) is 0 Å². The molecule has 1 aliphatic carbocycles. The van der Waals surface area contributed by atoms with E-state index in [0.29, 0.717) is 5.56 Å². The molecule has 0 amide bonds. The molecule has 2 nitrogen and oxygen atoms in total. The van der Waals surface area contributed by atoms with Gasteiger partial charge in [-0.2, -0.15) is 0 Å². The van der Waals surface area contributed by atoms with Crippen molar-refractivity contribution in [1.82, 2.24) is 0 Å². The van der Waals surface area contributed by atoms with Gasteiger partial charge in [0.25, 0.3) is 0 Å². The number of phenolic OH excluding ortho intramolecular Hbond substituents is 1. The first kappa shape index (κ1) is 8.57. The van der Waals surface area contributed by atoms with Gasteiger partial charge in [-0.05, 0) is 49.9 Å². The highest BCUT2D eigenvalue weighted by Gasteiger charge is 2.44. The van der Waals surface area contributed by atoms with Crippen molar-refractivity contribution >= 4 is 0 Å². The van der Waals surface area contributed by atoms with Crippen molar-refractivity contribution in [1.29, 1.82) is 0 Å². The predicted molar refractivity (Wildman–Crippen MR) is 50.7 cm³/mol. The summed E-state index contributed by atoms with van der Waals surface area (Å²) in [6.07, 6.45) is 1.53. The van der Waals surface area contributed by atoms with Crippen LogP contribution in [0.1, 0.15) is 29.5 Å². The van der Waals surface area contributed by atoms with E-state index in [1.807, 2.05) is 19.9 Å². The lowest BCUT2D eigenvalue weighted by Crippen LogP contribution is -2.05. The largest absolute Gasteiger partial charge is 0.508 e. The highest BCUT2D eigenvalue weighted by molar-refractivity contribution is 5.45. The minimum absolute atomic E-state index is 0.225. The van der Waals surface area contributed by atoms with Gasteiger partial charge in [0.2, 0.25) is 0 Å². The first-order valence-corrected chi connectivity index (χ1v) is 4.56. The van der Waals surface area contributed by atoms with Gasteiger partial charge in [0.1, 0.15) is 5.75 Å². The molecular weight excluding hydrogens is 164 g/mol. The summed E-state index contributed by atoms with van der Waals surface area (Å²) in [5.74, 6) is 0.225. The monoisotopic (exact) mass is 178 g/mol. The summed E-state index contributed by atoms with van der Waals surface area (Å²) in [4.78, 5) is 0. The lowest BCUT2D eigenvalue weighted by atomic mass is 10.00. The summed E-state index contributed by atoms with van der Waals surface area (Å²) in [5, 5.41) is 19.5. The number of hydrogen-bond donors (Lipinski definition) is 2. The molecule has 2 N–H and O–H groups in total. The van der Waals surface area contributed by atoms with Crippen molar-refractivity contribution in [3.8, 4) is 5.75 Å². The smallest absolute Gasteiger partial charge is 0.121 e. The predicted octanol–water partition coefficient (Wildman–Crippen LogP) is 1.99. The second kappa shape index (κ2) is 2.48. The van der Waals surface area contributed by atoms with E-state index in [4.69, 9.17) is 0 Å². The molecule has 1 aliphatic rings. The van der Waals surface area contributed by atoms with E-state index in [-0.39, 0.29) is 5.75 Å². The Hall–Kier alpha value is -1.02. The van der Waals surface area contributed by atoms with E-state index in [1.165, 1.54) is 0 Å². The lowest BCUT2D eigenvalue weighted by Gasteiger charge is -2.12. The quantitative estimate of drug-likeness (QED) is 0.690. The normalized spacial score (nSPS) is 18.7. The molecule has 1 fully saturated rings. The minimum Gasteiger partial charge on any atom is -0.508 e. The van der Waals surface area contributed by atoms with Crippen LogP contribution in [-0.2, 0) is 5.60 Å². The standard InChI is InChI=1S/C11H14O2/c1-7-5-9(11(13)3-4-11)10(12)6-8(7)2/h5-6,12-13H,3-4H2,1-2H3. The minimum atomic E-state index is -0.734. The number of aliphatic hydroxyl groups is 1. The van der Waals surface area contributed by atoms with Crippen LogP contribution in [0.25, 0.3) is 0 Å². The Morgan fingerprint density at radius 3 is 2.23 bits per heavy atom. The Morgan fingerprint density at radius 2 is 1.69 bits per heavy atom. The third-order valence-corrected chi connectivity index (χ3v) is 2.84. The fraction of sp³-hybridized carbons (Fsp3) is 0.455. The van der Waals surface area contributed by atoms with Crippen LogP contribution in [0.2, 0.25) is 0 Å². The zero-order valence-corrected chi connectivity index (χ0v) is 7.96. The number of aryl methyl sites for hydroxylation is 2. The highest BCUT2D eigenvalue weighted by atomic mass is 16.3. The van der Waals surface area contributed by atoms with Crippen molar-refractivity contribution in [2.45, 2.75) is 32.3 Å². The molecule has 2 heteroatoms. The van der Waals surface area contributed by atoms with Gasteiger partial charge in [0, 0.05) is 5.56 Å². The highest BCUT2D eigenvalue weighted by Crippen LogP contribution is 2.48. The van der Waals surface area contributed by atoms with Gasteiger partial charge < -0.3 is 10.2 Å². The summed E-state index contributed by atoms with van der Waals surface area (Å²) >= 11 is 0. The summed E-state index contributed by atoms with van der Waals surface area (Å²) in [6.45, 7) is 3.94. The molecule has 0 bridgehead atoms. The first-order chi connectivity index (χ1) is 6.03. The molecule has 0 heterocycles. The van der Waals surface area contributed by atoms with E-state index in [2.05, 4.69) is 0 Å². The van der Waals surface area contributed by atoms with Crippen LogP contribution < -0.4 is 0 Å². The molecule has 1 aromatic carbocycles. The Balaban J connectivity index is 2.52. The number of phenols is 1. The van der Waals surface area contributed by atoms with Crippen LogP contribution in [-0.4, -0.2) is 10.2 Å². The summed E-state index contributed by atoms with van der Waals surface area (Å²) in [6, 6.07) is 3.61. The van der Waals surface area contributed by atoms with E-state index in [0.717, 1.165) is 24.0 Å². The number of aromatic hydroxyl groups is 1.